The van der Waals surface area contributed by atoms with Gasteiger partial charge in [0.15, 0.2) is 0 Å². The van der Waals surface area contributed by atoms with Crippen LogP contribution in [0.1, 0.15) is 32.0 Å². The molecule has 37 heavy (non-hydrogen) atoms. The summed E-state index contributed by atoms with van der Waals surface area (Å²) in [5.74, 6) is -2.58. The Morgan fingerprint density at radius 1 is 1.08 bits per heavy atom. The van der Waals surface area contributed by atoms with Crippen molar-refractivity contribution >= 4 is 62.3 Å². The summed E-state index contributed by atoms with van der Waals surface area (Å²) >= 11 is 17.7. The van der Waals surface area contributed by atoms with Crippen LogP contribution in [0.4, 0.5) is 18.9 Å². The molecule has 2 aromatic carbocycles. The van der Waals surface area contributed by atoms with Gasteiger partial charge in [-0.3, -0.25) is 4.79 Å². The SMILES string of the molecule is COCN(c1cc(Cl)cnc1C(=O)c1c(Cl)cccc1C(=O)O)S(=O)(=O)c1ccc(Cl)c(C(F)(F)F)c1. The maximum Gasteiger partial charge on any atom is 0.417 e. The largest absolute Gasteiger partial charge is 0.478 e. The van der Waals surface area contributed by atoms with E-state index in [0.717, 1.165) is 37.6 Å². The first kappa shape index (κ1) is 28.7. The third-order valence-electron chi connectivity index (χ3n) is 4.87. The second-order valence-electron chi connectivity index (χ2n) is 7.23. The normalized spacial score (nSPS) is 11.9. The molecule has 15 heteroatoms. The number of carboxylic acid groups (broad SMARTS) is 1. The average Bonchev–Trinajstić information content (AvgIpc) is 2.81. The first-order valence-corrected chi connectivity index (χ1v) is 12.4. The molecule has 3 aromatic rings. The second-order valence-corrected chi connectivity index (χ2v) is 10.3. The van der Waals surface area contributed by atoms with Crippen molar-refractivity contribution in [3.8, 4) is 0 Å². The zero-order valence-electron chi connectivity index (χ0n) is 18.4. The van der Waals surface area contributed by atoms with Crippen molar-refractivity contribution < 1.29 is 41.0 Å². The number of aromatic carboxylic acids is 1. The zero-order chi connectivity index (χ0) is 27.7. The van der Waals surface area contributed by atoms with Crippen LogP contribution in [-0.2, 0) is 20.9 Å². The van der Waals surface area contributed by atoms with E-state index < -0.39 is 72.7 Å². The molecular weight excluding hydrogens is 584 g/mol. The second kappa shape index (κ2) is 10.8. The van der Waals surface area contributed by atoms with Gasteiger partial charge in [-0.15, -0.1) is 0 Å². The molecule has 196 valence electrons. The van der Waals surface area contributed by atoms with Gasteiger partial charge in [0, 0.05) is 13.3 Å². The van der Waals surface area contributed by atoms with Crippen LogP contribution in [0.3, 0.4) is 0 Å². The number of carboxylic acids is 1. The highest BCUT2D eigenvalue weighted by molar-refractivity contribution is 7.92. The maximum absolute atomic E-state index is 13.5. The van der Waals surface area contributed by atoms with E-state index in [-0.39, 0.29) is 10.0 Å². The number of alkyl halides is 3. The Morgan fingerprint density at radius 3 is 2.35 bits per heavy atom. The minimum absolute atomic E-state index is 0.146. The van der Waals surface area contributed by atoms with Crippen LogP contribution in [0.5, 0.6) is 0 Å². The Hall–Kier alpha value is -2.90. The molecule has 8 nitrogen and oxygen atoms in total. The fourth-order valence-corrected chi connectivity index (χ4v) is 5.28. The number of carbonyl (C=O) groups excluding carboxylic acids is 1. The molecule has 0 aliphatic carbocycles. The molecule has 1 aromatic heterocycles. The van der Waals surface area contributed by atoms with Crippen molar-refractivity contribution in [1.29, 1.82) is 0 Å². The van der Waals surface area contributed by atoms with E-state index in [1.54, 1.807) is 0 Å². The molecule has 0 bridgehead atoms. The topological polar surface area (TPSA) is 114 Å². The predicted molar refractivity (Wildman–Crippen MR) is 129 cm³/mol. The quantitative estimate of drug-likeness (QED) is 0.258. The van der Waals surface area contributed by atoms with Crippen molar-refractivity contribution in [1.82, 2.24) is 4.98 Å². The van der Waals surface area contributed by atoms with Crippen molar-refractivity contribution in [2.45, 2.75) is 11.1 Å². The van der Waals surface area contributed by atoms with Gasteiger partial charge in [-0.25, -0.2) is 22.5 Å². The Morgan fingerprint density at radius 2 is 1.76 bits per heavy atom. The third-order valence-corrected chi connectivity index (χ3v) is 7.45. The number of aromatic nitrogens is 1. The standard InChI is InChI=1S/C22H14Cl3F3N2O6S/c1-36-10-30(37(34,35)12-5-6-15(24)14(8-12)22(26,27)28)17-7-11(23)9-29-19(17)20(31)18-13(21(32)33)3-2-4-16(18)25/h2-9H,10H2,1H3,(H,32,33). The van der Waals surface area contributed by atoms with Crippen molar-refractivity contribution in [2.75, 3.05) is 18.1 Å². The van der Waals surface area contributed by atoms with Gasteiger partial charge in [-0.05, 0) is 36.4 Å². The number of pyridine rings is 1. The van der Waals surface area contributed by atoms with Gasteiger partial charge >= 0.3 is 12.1 Å². The molecule has 0 fully saturated rings. The van der Waals surface area contributed by atoms with Crippen LogP contribution >= 0.6 is 34.8 Å². The summed E-state index contributed by atoms with van der Waals surface area (Å²) in [5, 5.41) is 8.36. The number of sulfonamides is 1. The molecule has 0 unspecified atom stereocenters. The van der Waals surface area contributed by atoms with E-state index in [1.165, 1.54) is 12.1 Å². The number of anilines is 1. The van der Waals surface area contributed by atoms with Crippen LogP contribution in [0, 0.1) is 0 Å². The lowest BCUT2D eigenvalue weighted by Gasteiger charge is -2.26. The van der Waals surface area contributed by atoms with Gasteiger partial charge in [0.05, 0.1) is 42.3 Å². The van der Waals surface area contributed by atoms with Crippen molar-refractivity contribution in [3.63, 3.8) is 0 Å². The third kappa shape index (κ3) is 5.83. The minimum atomic E-state index is -4.97. The fourth-order valence-electron chi connectivity index (χ4n) is 3.24. The molecule has 1 N–H and O–H groups in total. The van der Waals surface area contributed by atoms with Gasteiger partial charge in [-0.1, -0.05) is 40.9 Å². The first-order valence-electron chi connectivity index (χ1n) is 9.80. The van der Waals surface area contributed by atoms with E-state index in [0.29, 0.717) is 10.4 Å². The van der Waals surface area contributed by atoms with Gasteiger partial charge < -0.3 is 9.84 Å². The molecule has 1 heterocycles. The lowest BCUT2D eigenvalue weighted by molar-refractivity contribution is -0.137. The predicted octanol–water partition coefficient (Wildman–Crippen LogP) is 5.79. The molecule has 0 saturated heterocycles. The van der Waals surface area contributed by atoms with E-state index in [4.69, 9.17) is 39.5 Å². The molecule has 3 rings (SSSR count). The average molecular weight is 598 g/mol. The van der Waals surface area contributed by atoms with E-state index in [2.05, 4.69) is 4.98 Å². The first-order chi connectivity index (χ1) is 17.2. The van der Waals surface area contributed by atoms with E-state index in [9.17, 15) is 36.3 Å². The van der Waals surface area contributed by atoms with Crippen LogP contribution in [0.25, 0.3) is 0 Å². The highest BCUT2D eigenvalue weighted by Crippen LogP contribution is 2.38. The molecule has 0 radical (unpaired) electrons. The number of ketones is 1. The lowest BCUT2D eigenvalue weighted by atomic mass is 10.0. The highest BCUT2D eigenvalue weighted by Gasteiger charge is 2.37. The zero-order valence-corrected chi connectivity index (χ0v) is 21.5. The van der Waals surface area contributed by atoms with Crippen LogP contribution < -0.4 is 4.31 Å². The summed E-state index contributed by atoms with van der Waals surface area (Å²) in [6, 6.07) is 6.57. The number of rotatable bonds is 8. The fraction of sp³-hybridized carbons (Fsp3) is 0.136. The summed E-state index contributed by atoms with van der Waals surface area (Å²) in [6.07, 6.45) is -3.97. The number of methoxy groups -OCH3 is 1. The van der Waals surface area contributed by atoms with Gasteiger partial charge in [0.1, 0.15) is 12.4 Å². The Balaban J connectivity index is 2.27. The number of benzene rings is 2. The molecule has 0 saturated carbocycles. The smallest absolute Gasteiger partial charge is 0.417 e. The van der Waals surface area contributed by atoms with E-state index >= 15 is 0 Å². The number of ether oxygens (including phenoxy) is 1. The lowest BCUT2D eigenvalue weighted by Crippen LogP contribution is -2.34. The summed E-state index contributed by atoms with van der Waals surface area (Å²) < 4.78 is 72.6. The molecular formula is C22H14Cl3F3N2O6S. The Bertz CT molecular complexity index is 1500. The minimum Gasteiger partial charge on any atom is -0.478 e. The monoisotopic (exact) mass is 596 g/mol. The molecule has 0 aliphatic heterocycles. The molecule has 0 aliphatic rings. The maximum atomic E-state index is 13.5. The number of hydrogen-bond donors (Lipinski definition) is 1. The van der Waals surface area contributed by atoms with Gasteiger partial charge in [-0.2, -0.15) is 13.2 Å². The van der Waals surface area contributed by atoms with Gasteiger partial charge in [0.25, 0.3) is 10.0 Å². The number of nitrogens with zero attached hydrogens (tertiary/aromatic N) is 2. The summed E-state index contributed by atoms with van der Waals surface area (Å²) in [6.45, 7) is -0.789. The van der Waals surface area contributed by atoms with Crippen molar-refractivity contribution in [3.05, 3.63) is 86.1 Å². The summed E-state index contributed by atoms with van der Waals surface area (Å²) in [7, 11) is -3.76. The summed E-state index contributed by atoms with van der Waals surface area (Å²) in [4.78, 5) is 28.2. The Kier molecular flexibility index (Phi) is 8.40. The van der Waals surface area contributed by atoms with Crippen LogP contribution in [0.2, 0.25) is 15.1 Å². The molecule has 0 amide bonds. The number of hydrogen-bond acceptors (Lipinski definition) is 6. The highest BCUT2D eigenvalue weighted by atomic mass is 35.5. The van der Waals surface area contributed by atoms with Crippen molar-refractivity contribution in [2.24, 2.45) is 0 Å². The Labute approximate surface area is 223 Å². The van der Waals surface area contributed by atoms with E-state index in [1.807, 2.05) is 0 Å². The summed E-state index contributed by atoms with van der Waals surface area (Å²) in [5.41, 5.74) is -3.50. The molecule has 0 spiro atoms. The van der Waals surface area contributed by atoms with Crippen LogP contribution in [0.15, 0.2) is 53.6 Å². The number of carbonyl (C=O) groups is 2. The van der Waals surface area contributed by atoms with Gasteiger partial charge in [0.2, 0.25) is 5.78 Å². The van der Waals surface area contributed by atoms with Crippen LogP contribution in [-0.4, -0.2) is 44.1 Å². The molecule has 0 atom stereocenters. The number of halogens is 6.